The summed E-state index contributed by atoms with van der Waals surface area (Å²) in [5.41, 5.74) is 0. The second-order valence-corrected chi connectivity index (χ2v) is 7.99. The summed E-state index contributed by atoms with van der Waals surface area (Å²) < 4.78 is 6.39. The number of nitrogens with one attached hydrogen (secondary N) is 1. The first-order chi connectivity index (χ1) is 11.2. The number of ether oxygens (including phenoxy) is 1. The standard InChI is InChI=1S/C19H37N3O/c1-3-22-14-8-17(9-15-22)20-16-4-6-18(7-5-16)23-19-10-12-21(2)13-11-19/h16-20H,3-15H2,1-2H3. The molecule has 1 N–H and O–H groups in total. The average molecular weight is 324 g/mol. The van der Waals surface area contributed by atoms with E-state index in [4.69, 9.17) is 4.74 Å². The molecule has 0 spiro atoms. The fourth-order valence-electron chi connectivity index (χ4n) is 4.51. The minimum absolute atomic E-state index is 0.527. The van der Waals surface area contributed by atoms with Crippen molar-refractivity contribution in [3.8, 4) is 0 Å². The number of likely N-dealkylation sites (tertiary alicyclic amines) is 2. The Morgan fingerprint density at radius 1 is 0.783 bits per heavy atom. The molecular formula is C19H37N3O. The fourth-order valence-corrected chi connectivity index (χ4v) is 4.51. The lowest BCUT2D eigenvalue weighted by Crippen LogP contribution is -2.47. The van der Waals surface area contributed by atoms with Crippen LogP contribution in [0.25, 0.3) is 0 Å². The van der Waals surface area contributed by atoms with Crippen LogP contribution >= 0.6 is 0 Å². The molecule has 1 aliphatic carbocycles. The van der Waals surface area contributed by atoms with Crippen LogP contribution in [0, 0.1) is 0 Å². The molecule has 0 aromatic heterocycles. The highest BCUT2D eigenvalue weighted by atomic mass is 16.5. The van der Waals surface area contributed by atoms with Gasteiger partial charge in [-0.15, -0.1) is 0 Å². The first-order valence-electron chi connectivity index (χ1n) is 10.1. The van der Waals surface area contributed by atoms with Crippen LogP contribution in [-0.2, 0) is 4.74 Å². The predicted molar refractivity (Wildman–Crippen MR) is 95.9 cm³/mol. The molecule has 134 valence electrons. The molecule has 0 aromatic carbocycles. The lowest BCUT2D eigenvalue weighted by atomic mass is 9.91. The number of hydrogen-bond donors (Lipinski definition) is 1. The molecule has 3 aliphatic rings. The van der Waals surface area contributed by atoms with Crippen LogP contribution in [0.3, 0.4) is 0 Å². The van der Waals surface area contributed by atoms with Gasteiger partial charge in [0.2, 0.25) is 0 Å². The van der Waals surface area contributed by atoms with Gasteiger partial charge >= 0.3 is 0 Å². The largest absolute Gasteiger partial charge is 0.375 e. The van der Waals surface area contributed by atoms with Crippen molar-refractivity contribution in [1.29, 1.82) is 0 Å². The molecule has 23 heavy (non-hydrogen) atoms. The zero-order chi connectivity index (χ0) is 16.1. The van der Waals surface area contributed by atoms with Crippen molar-refractivity contribution in [2.24, 2.45) is 0 Å². The molecule has 3 fully saturated rings. The van der Waals surface area contributed by atoms with Crippen LogP contribution in [-0.4, -0.2) is 73.9 Å². The monoisotopic (exact) mass is 323 g/mol. The minimum Gasteiger partial charge on any atom is -0.375 e. The van der Waals surface area contributed by atoms with Crippen LogP contribution in [0.5, 0.6) is 0 Å². The van der Waals surface area contributed by atoms with E-state index in [1.807, 2.05) is 0 Å². The summed E-state index contributed by atoms with van der Waals surface area (Å²) in [6, 6.07) is 1.50. The SMILES string of the molecule is CCN1CCC(NC2CCC(OC3CCN(C)CC3)CC2)CC1. The van der Waals surface area contributed by atoms with Gasteiger partial charge in [0.1, 0.15) is 0 Å². The molecular weight excluding hydrogens is 286 g/mol. The Kier molecular flexibility index (Phi) is 6.75. The Morgan fingerprint density at radius 3 is 1.96 bits per heavy atom. The topological polar surface area (TPSA) is 27.7 Å². The summed E-state index contributed by atoms with van der Waals surface area (Å²) in [6.45, 7) is 8.47. The van der Waals surface area contributed by atoms with E-state index in [2.05, 4.69) is 29.1 Å². The predicted octanol–water partition coefficient (Wildman–Crippen LogP) is 2.48. The molecule has 4 heteroatoms. The van der Waals surface area contributed by atoms with Gasteiger partial charge in [0.25, 0.3) is 0 Å². The van der Waals surface area contributed by atoms with Crippen LogP contribution < -0.4 is 5.32 Å². The highest BCUT2D eigenvalue weighted by molar-refractivity contribution is 4.84. The highest BCUT2D eigenvalue weighted by Crippen LogP contribution is 2.26. The second-order valence-electron chi connectivity index (χ2n) is 7.99. The molecule has 2 heterocycles. The fraction of sp³-hybridized carbons (Fsp3) is 1.00. The first kappa shape index (κ1) is 17.7. The van der Waals surface area contributed by atoms with Gasteiger partial charge in [0.15, 0.2) is 0 Å². The van der Waals surface area contributed by atoms with Gasteiger partial charge in [-0.3, -0.25) is 0 Å². The molecule has 3 rings (SSSR count). The molecule has 0 aromatic rings. The third-order valence-corrected chi connectivity index (χ3v) is 6.23. The molecule has 0 bridgehead atoms. The van der Waals surface area contributed by atoms with E-state index in [1.54, 1.807) is 0 Å². The van der Waals surface area contributed by atoms with Crippen molar-refractivity contribution in [3.63, 3.8) is 0 Å². The average Bonchev–Trinajstić information content (AvgIpc) is 2.59. The van der Waals surface area contributed by atoms with E-state index in [1.165, 1.54) is 84.1 Å². The van der Waals surface area contributed by atoms with E-state index >= 15 is 0 Å². The zero-order valence-electron chi connectivity index (χ0n) is 15.3. The van der Waals surface area contributed by atoms with Crippen LogP contribution in [0.1, 0.15) is 58.3 Å². The molecule has 0 atom stereocenters. The van der Waals surface area contributed by atoms with E-state index < -0.39 is 0 Å². The van der Waals surface area contributed by atoms with Crippen molar-refractivity contribution < 1.29 is 4.74 Å². The van der Waals surface area contributed by atoms with Crippen molar-refractivity contribution in [2.45, 2.75) is 82.6 Å². The zero-order valence-corrected chi connectivity index (χ0v) is 15.3. The third kappa shape index (κ3) is 5.42. The van der Waals surface area contributed by atoms with Crippen molar-refractivity contribution in [2.75, 3.05) is 39.8 Å². The van der Waals surface area contributed by atoms with Gasteiger partial charge in [-0.2, -0.15) is 0 Å². The summed E-state index contributed by atoms with van der Waals surface area (Å²) in [5, 5.41) is 3.94. The molecule has 0 unspecified atom stereocenters. The van der Waals surface area contributed by atoms with Crippen molar-refractivity contribution >= 4 is 0 Å². The summed E-state index contributed by atoms with van der Waals surface area (Å²) in [7, 11) is 2.22. The number of rotatable bonds is 5. The first-order valence-corrected chi connectivity index (χ1v) is 10.1. The van der Waals surface area contributed by atoms with Gasteiger partial charge in [-0.05, 0) is 78.0 Å². The third-order valence-electron chi connectivity index (χ3n) is 6.23. The summed E-state index contributed by atoms with van der Waals surface area (Å²) in [6.07, 6.45) is 11.3. The Bertz CT molecular complexity index is 328. The maximum absolute atomic E-state index is 6.39. The Morgan fingerprint density at radius 2 is 1.35 bits per heavy atom. The van der Waals surface area contributed by atoms with Gasteiger partial charge in [0, 0.05) is 25.2 Å². The number of piperidine rings is 2. The second kappa shape index (κ2) is 8.80. The Labute approximate surface area is 142 Å². The lowest BCUT2D eigenvalue weighted by Gasteiger charge is -2.38. The van der Waals surface area contributed by atoms with E-state index in [0.29, 0.717) is 12.2 Å². The van der Waals surface area contributed by atoms with Crippen LogP contribution in [0.15, 0.2) is 0 Å². The molecule has 4 nitrogen and oxygen atoms in total. The van der Waals surface area contributed by atoms with E-state index in [9.17, 15) is 0 Å². The minimum atomic E-state index is 0.527. The summed E-state index contributed by atoms with van der Waals surface area (Å²) in [4.78, 5) is 5.00. The smallest absolute Gasteiger partial charge is 0.0603 e. The maximum atomic E-state index is 6.39. The Hall–Kier alpha value is -0.160. The summed E-state index contributed by atoms with van der Waals surface area (Å²) in [5.74, 6) is 0. The van der Waals surface area contributed by atoms with E-state index in [0.717, 1.165) is 12.1 Å². The Balaban J connectivity index is 1.31. The molecule has 2 saturated heterocycles. The van der Waals surface area contributed by atoms with Crippen molar-refractivity contribution in [3.05, 3.63) is 0 Å². The maximum Gasteiger partial charge on any atom is 0.0603 e. The number of nitrogens with zero attached hydrogens (tertiary/aromatic N) is 2. The van der Waals surface area contributed by atoms with E-state index in [-0.39, 0.29) is 0 Å². The quantitative estimate of drug-likeness (QED) is 0.841. The number of hydrogen-bond acceptors (Lipinski definition) is 4. The van der Waals surface area contributed by atoms with Gasteiger partial charge in [-0.25, -0.2) is 0 Å². The molecule has 2 aliphatic heterocycles. The highest BCUT2D eigenvalue weighted by Gasteiger charge is 2.27. The van der Waals surface area contributed by atoms with Gasteiger partial charge < -0.3 is 19.9 Å². The lowest BCUT2D eigenvalue weighted by molar-refractivity contribution is -0.0566. The molecule has 1 saturated carbocycles. The van der Waals surface area contributed by atoms with Crippen LogP contribution in [0.2, 0.25) is 0 Å². The van der Waals surface area contributed by atoms with Crippen LogP contribution in [0.4, 0.5) is 0 Å². The van der Waals surface area contributed by atoms with Gasteiger partial charge in [-0.1, -0.05) is 6.92 Å². The van der Waals surface area contributed by atoms with Crippen molar-refractivity contribution in [1.82, 2.24) is 15.1 Å². The normalized spacial score (nSPS) is 33.1. The summed E-state index contributed by atoms with van der Waals surface area (Å²) >= 11 is 0. The molecule has 0 amide bonds. The molecule has 0 radical (unpaired) electrons. The van der Waals surface area contributed by atoms with Gasteiger partial charge in [0.05, 0.1) is 12.2 Å².